The highest BCUT2D eigenvalue weighted by Gasteiger charge is 2.39. The molecule has 2 aromatic carbocycles. The van der Waals surface area contributed by atoms with Crippen LogP contribution in [0.5, 0.6) is 11.5 Å². The van der Waals surface area contributed by atoms with E-state index in [2.05, 4.69) is 15.9 Å². The van der Waals surface area contributed by atoms with Gasteiger partial charge in [-0.25, -0.2) is 8.42 Å². The first kappa shape index (κ1) is 21.7. The van der Waals surface area contributed by atoms with E-state index in [1.807, 2.05) is 6.07 Å². The molecular formula is C20H25BrO5S. The Kier molecular flexibility index (Phi) is 6.94. The second-order valence-corrected chi connectivity index (χ2v) is 10.0. The average molecular weight is 457 g/mol. The van der Waals surface area contributed by atoms with Crippen LogP contribution in [0, 0.1) is 0 Å². The standard InChI is InChI=1S/C20H25BrO5S/c1-20(2,22)19(15-6-5-7-16(21)12-15)27(23,24)11-10-14-8-9-17(25-3)13-18(14)26-4/h5-9,12-13,19,22H,10-11H2,1-4H3. The van der Waals surface area contributed by atoms with Gasteiger partial charge in [-0.2, -0.15) is 0 Å². The Balaban J connectivity index is 2.33. The predicted octanol–water partition coefficient (Wildman–Crippen LogP) is 3.94. The summed E-state index contributed by atoms with van der Waals surface area (Å²) in [5.41, 5.74) is -0.104. The normalized spacial score (nSPS) is 13.3. The summed E-state index contributed by atoms with van der Waals surface area (Å²) in [5, 5.41) is 9.55. The zero-order chi connectivity index (χ0) is 20.2. The van der Waals surface area contributed by atoms with E-state index in [4.69, 9.17) is 9.47 Å². The van der Waals surface area contributed by atoms with Crippen molar-refractivity contribution in [3.8, 4) is 11.5 Å². The Morgan fingerprint density at radius 2 is 1.81 bits per heavy atom. The molecule has 5 nitrogen and oxygen atoms in total. The van der Waals surface area contributed by atoms with Gasteiger partial charge < -0.3 is 14.6 Å². The topological polar surface area (TPSA) is 72.8 Å². The molecule has 2 aromatic rings. The van der Waals surface area contributed by atoms with Crippen LogP contribution in [-0.4, -0.2) is 39.1 Å². The van der Waals surface area contributed by atoms with E-state index in [-0.39, 0.29) is 12.2 Å². The minimum atomic E-state index is -3.65. The van der Waals surface area contributed by atoms with Gasteiger partial charge in [0.15, 0.2) is 9.84 Å². The molecule has 0 radical (unpaired) electrons. The minimum Gasteiger partial charge on any atom is -0.497 e. The van der Waals surface area contributed by atoms with Crippen molar-refractivity contribution in [1.29, 1.82) is 0 Å². The van der Waals surface area contributed by atoms with E-state index < -0.39 is 20.7 Å². The summed E-state index contributed by atoms with van der Waals surface area (Å²) >= 11 is 3.37. The highest BCUT2D eigenvalue weighted by atomic mass is 79.9. The fraction of sp³-hybridized carbons (Fsp3) is 0.400. The van der Waals surface area contributed by atoms with E-state index in [1.54, 1.807) is 43.5 Å². The Labute approximate surface area is 169 Å². The Bertz CT molecular complexity index is 887. The lowest BCUT2D eigenvalue weighted by Gasteiger charge is -2.29. The molecule has 0 aliphatic carbocycles. The lowest BCUT2D eigenvalue weighted by atomic mass is 9.98. The molecule has 0 fully saturated rings. The monoisotopic (exact) mass is 456 g/mol. The van der Waals surface area contributed by atoms with Gasteiger partial charge in [0.25, 0.3) is 0 Å². The maximum Gasteiger partial charge on any atom is 0.160 e. The summed E-state index contributed by atoms with van der Waals surface area (Å²) in [6.07, 6.45) is 0.274. The number of aliphatic hydroxyl groups is 1. The van der Waals surface area contributed by atoms with Crippen LogP contribution < -0.4 is 9.47 Å². The smallest absolute Gasteiger partial charge is 0.160 e. The molecule has 1 unspecified atom stereocenters. The van der Waals surface area contributed by atoms with Gasteiger partial charge in [0.1, 0.15) is 16.7 Å². The number of hydrogen-bond donors (Lipinski definition) is 1. The average Bonchev–Trinajstić information content (AvgIpc) is 2.58. The van der Waals surface area contributed by atoms with Crippen molar-refractivity contribution < 1.29 is 23.0 Å². The second kappa shape index (κ2) is 8.63. The van der Waals surface area contributed by atoms with Gasteiger partial charge in [-0.15, -0.1) is 0 Å². The minimum absolute atomic E-state index is 0.114. The van der Waals surface area contributed by atoms with Crippen molar-refractivity contribution in [3.63, 3.8) is 0 Å². The van der Waals surface area contributed by atoms with Gasteiger partial charge in [-0.1, -0.05) is 34.1 Å². The number of rotatable bonds is 8. The lowest BCUT2D eigenvalue weighted by Crippen LogP contribution is -2.36. The highest BCUT2D eigenvalue weighted by molar-refractivity contribution is 9.10. The molecule has 7 heteroatoms. The van der Waals surface area contributed by atoms with Crippen molar-refractivity contribution in [2.24, 2.45) is 0 Å². The van der Waals surface area contributed by atoms with E-state index in [9.17, 15) is 13.5 Å². The zero-order valence-electron chi connectivity index (χ0n) is 15.9. The molecule has 2 rings (SSSR count). The molecule has 0 saturated heterocycles. The van der Waals surface area contributed by atoms with Crippen molar-refractivity contribution in [1.82, 2.24) is 0 Å². The van der Waals surface area contributed by atoms with Crippen LogP contribution in [0.3, 0.4) is 0 Å². The molecule has 0 saturated carbocycles. The number of sulfone groups is 1. The van der Waals surface area contributed by atoms with Gasteiger partial charge in [-0.05, 0) is 49.6 Å². The summed E-state index contributed by atoms with van der Waals surface area (Å²) in [6, 6.07) is 12.3. The van der Waals surface area contributed by atoms with Crippen LogP contribution in [0.2, 0.25) is 0 Å². The predicted molar refractivity (Wildman–Crippen MR) is 110 cm³/mol. The van der Waals surface area contributed by atoms with Crippen LogP contribution in [0.25, 0.3) is 0 Å². The summed E-state index contributed by atoms with van der Waals surface area (Å²) in [6.45, 7) is 3.04. The number of benzene rings is 2. The Morgan fingerprint density at radius 1 is 1.11 bits per heavy atom. The van der Waals surface area contributed by atoms with Crippen LogP contribution in [0.1, 0.15) is 30.2 Å². The second-order valence-electron chi connectivity index (χ2n) is 6.88. The third kappa shape index (κ3) is 5.46. The van der Waals surface area contributed by atoms with Crippen molar-refractivity contribution in [2.45, 2.75) is 31.1 Å². The lowest BCUT2D eigenvalue weighted by molar-refractivity contribution is 0.0747. The Morgan fingerprint density at radius 3 is 2.37 bits per heavy atom. The number of hydrogen-bond acceptors (Lipinski definition) is 5. The van der Waals surface area contributed by atoms with Gasteiger partial charge in [-0.3, -0.25) is 0 Å². The van der Waals surface area contributed by atoms with Crippen LogP contribution in [-0.2, 0) is 16.3 Å². The van der Waals surface area contributed by atoms with Crippen LogP contribution in [0.15, 0.2) is 46.9 Å². The molecule has 0 heterocycles. The van der Waals surface area contributed by atoms with Gasteiger partial charge in [0.2, 0.25) is 0 Å². The molecule has 0 aliphatic heterocycles. The quantitative estimate of drug-likeness (QED) is 0.650. The van der Waals surface area contributed by atoms with Gasteiger partial charge in [0, 0.05) is 10.5 Å². The summed E-state index contributed by atoms with van der Waals surface area (Å²) < 4.78 is 37.6. The number of methoxy groups -OCH3 is 2. The van der Waals surface area contributed by atoms with Crippen LogP contribution in [0.4, 0.5) is 0 Å². The highest BCUT2D eigenvalue weighted by Crippen LogP contribution is 2.36. The van der Waals surface area contributed by atoms with Crippen molar-refractivity contribution in [2.75, 3.05) is 20.0 Å². The maximum atomic E-state index is 13.1. The fourth-order valence-electron chi connectivity index (χ4n) is 3.15. The molecular weight excluding hydrogens is 432 g/mol. The first-order valence-corrected chi connectivity index (χ1v) is 11.0. The maximum absolute atomic E-state index is 13.1. The molecule has 0 bridgehead atoms. The van der Waals surface area contributed by atoms with Gasteiger partial charge in [0.05, 0.1) is 25.6 Å². The Hall–Kier alpha value is -1.57. The summed E-state index contributed by atoms with van der Waals surface area (Å²) in [7, 11) is -0.550. The van der Waals surface area contributed by atoms with E-state index in [0.717, 1.165) is 10.0 Å². The third-order valence-corrected chi connectivity index (χ3v) is 7.14. The molecule has 0 spiro atoms. The van der Waals surface area contributed by atoms with Gasteiger partial charge >= 0.3 is 0 Å². The molecule has 148 valence electrons. The fourth-order valence-corrected chi connectivity index (χ4v) is 5.75. The molecule has 1 atom stereocenters. The number of aryl methyl sites for hydroxylation is 1. The zero-order valence-corrected chi connectivity index (χ0v) is 18.3. The molecule has 0 aromatic heterocycles. The molecule has 0 aliphatic rings. The van der Waals surface area contributed by atoms with Crippen LogP contribution >= 0.6 is 15.9 Å². The molecule has 0 amide bonds. The number of ether oxygens (including phenoxy) is 2. The summed E-state index contributed by atoms with van der Waals surface area (Å²) in [5.74, 6) is 1.10. The van der Waals surface area contributed by atoms with E-state index in [0.29, 0.717) is 17.1 Å². The SMILES string of the molecule is COc1ccc(CCS(=O)(=O)C(c2cccc(Br)c2)C(C)(C)O)c(OC)c1. The summed E-state index contributed by atoms with van der Waals surface area (Å²) in [4.78, 5) is 0. The molecule has 1 N–H and O–H groups in total. The van der Waals surface area contributed by atoms with E-state index in [1.165, 1.54) is 21.0 Å². The first-order chi connectivity index (χ1) is 12.6. The molecule has 27 heavy (non-hydrogen) atoms. The van der Waals surface area contributed by atoms with E-state index >= 15 is 0 Å². The van der Waals surface area contributed by atoms with Crippen molar-refractivity contribution in [3.05, 3.63) is 58.1 Å². The first-order valence-electron chi connectivity index (χ1n) is 8.49. The largest absolute Gasteiger partial charge is 0.497 e. The van der Waals surface area contributed by atoms with Crippen molar-refractivity contribution >= 4 is 25.8 Å². The number of halogens is 1. The third-order valence-electron chi connectivity index (χ3n) is 4.30.